The van der Waals surface area contributed by atoms with E-state index in [1.807, 2.05) is 18.2 Å². The Labute approximate surface area is 132 Å². The van der Waals surface area contributed by atoms with Crippen molar-refractivity contribution >= 4 is 34.5 Å². The van der Waals surface area contributed by atoms with Crippen molar-refractivity contribution in [2.75, 3.05) is 0 Å². The van der Waals surface area contributed by atoms with Crippen molar-refractivity contribution in [2.24, 2.45) is 5.92 Å². The van der Waals surface area contributed by atoms with Gasteiger partial charge < -0.3 is 10.4 Å². The molecule has 1 fully saturated rings. The molecule has 1 aliphatic rings. The van der Waals surface area contributed by atoms with Gasteiger partial charge >= 0.3 is 5.97 Å². The summed E-state index contributed by atoms with van der Waals surface area (Å²) in [5, 5.41) is 12.2. The number of nitrogens with one attached hydrogen (secondary N) is 1. The van der Waals surface area contributed by atoms with Gasteiger partial charge in [0.1, 0.15) is 0 Å². The second-order valence-electron chi connectivity index (χ2n) is 5.14. The first-order valence-electron chi connectivity index (χ1n) is 6.88. The van der Waals surface area contributed by atoms with Gasteiger partial charge in [-0.15, -0.1) is 0 Å². The topological polar surface area (TPSA) is 66.4 Å². The number of aliphatic carboxylic acids is 1. The molecule has 2 N–H and O–H groups in total. The highest BCUT2D eigenvalue weighted by Crippen LogP contribution is 2.24. The van der Waals surface area contributed by atoms with E-state index in [9.17, 15) is 14.7 Å². The number of carboxylic acids is 1. The van der Waals surface area contributed by atoms with Gasteiger partial charge in [0.25, 0.3) is 5.91 Å². The molecule has 20 heavy (non-hydrogen) atoms. The number of carbonyl (C=O) groups is 2. The van der Waals surface area contributed by atoms with Crippen LogP contribution >= 0.6 is 22.6 Å². The molecule has 0 spiro atoms. The molecule has 1 aliphatic carbocycles. The van der Waals surface area contributed by atoms with Gasteiger partial charge in [-0.1, -0.05) is 31.4 Å². The smallest absolute Gasteiger partial charge is 0.308 e. The van der Waals surface area contributed by atoms with Crippen LogP contribution in [-0.2, 0) is 4.79 Å². The van der Waals surface area contributed by atoms with Gasteiger partial charge in [0.05, 0.1) is 11.5 Å². The molecule has 2 atom stereocenters. The minimum atomic E-state index is -0.806. The van der Waals surface area contributed by atoms with Crippen LogP contribution in [0.25, 0.3) is 0 Å². The molecule has 1 aromatic rings. The number of hydrogen-bond acceptors (Lipinski definition) is 2. The molecule has 0 aliphatic heterocycles. The van der Waals surface area contributed by atoms with E-state index in [0.29, 0.717) is 12.0 Å². The third-order valence-corrected chi connectivity index (χ3v) is 4.71. The second-order valence-corrected chi connectivity index (χ2v) is 6.30. The van der Waals surface area contributed by atoms with Crippen molar-refractivity contribution in [3.05, 3.63) is 33.4 Å². The van der Waals surface area contributed by atoms with Crippen LogP contribution < -0.4 is 5.32 Å². The monoisotopic (exact) mass is 387 g/mol. The number of benzene rings is 1. The van der Waals surface area contributed by atoms with E-state index in [1.54, 1.807) is 6.07 Å². The van der Waals surface area contributed by atoms with Crippen LogP contribution in [0.4, 0.5) is 0 Å². The van der Waals surface area contributed by atoms with Gasteiger partial charge in [-0.3, -0.25) is 9.59 Å². The fraction of sp³-hybridized carbons (Fsp3) is 0.467. The molecule has 1 amide bonds. The summed E-state index contributed by atoms with van der Waals surface area (Å²) in [5.74, 6) is -1.45. The third-order valence-electron chi connectivity index (χ3n) is 3.77. The largest absolute Gasteiger partial charge is 0.481 e. The van der Waals surface area contributed by atoms with Gasteiger partial charge in [-0.05, 0) is 47.6 Å². The maximum Gasteiger partial charge on any atom is 0.308 e. The van der Waals surface area contributed by atoms with E-state index in [-0.39, 0.29) is 11.9 Å². The normalized spacial score (nSPS) is 22.9. The number of halogens is 1. The highest BCUT2D eigenvalue weighted by atomic mass is 127. The van der Waals surface area contributed by atoms with Gasteiger partial charge in [-0.2, -0.15) is 0 Å². The first-order valence-corrected chi connectivity index (χ1v) is 7.95. The van der Waals surface area contributed by atoms with Crippen molar-refractivity contribution in [3.63, 3.8) is 0 Å². The van der Waals surface area contributed by atoms with Crippen LogP contribution in [0.1, 0.15) is 42.5 Å². The summed E-state index contributed by atoms with van der Waals surface area (Å²) in [7, 11) is 0. The van der Waals surface area contributed by atoms with E-state index in [4.69, 9.17) is 0 Å². The highest BCUT2D eigenvalue weighted by Gasteiger charge is 2.30. The summed E-state index contributed by atoms with van der Waals surface area (Å²) in [6.45, 7) is 0. The summed E-state index contributed by atoms with van der Waals surface area (Å²) in [5.41, 5.74) is 0.612. The first-order chi connectivity index (χ1) is 9.59. The minimum absolute atomic E-state index is 0.173. The molecule has 0 unspecified atom stereocenters. The van der Waals surface area contributed by atoms with Gasteiger partial charge in [0, 0.05) is 9.61 Å². The number of rotatable bonds is 3. The van der Waals surface area contributed by atoms with Crippen molar-refractivity contribution < 1.29 is 14.7 Å². The highest BCUT2D eigenvalue weighted by molar-refractivity contribution is 14.1. The molecule has 0 heterocycles. The Bertz CT molecular complexity index is 504. The standard InChI is InChI=1S/C15H18INO3/c16-12-8-5-4-6-10(12)14(18)17-13-9-3-1-2-7-11(13)15(19)20/h4-6,8,11,13H,1-3,7,9H2,(H,17,18)(H,19,20)/t11-,13+/m1/s1. The van der Waals surface area contributed by atoms with Gasteiger partial charge in [0.15, 0.2) is 0 Å². The lowest BCUT2D eigenvalue weighted by atomic mass is 9.94. The zero-order valence-electron chi connectivity index (χ0n) is 11.1. The number of carbonyl (C=O) groups excluding carboxylic acids is 1. The zero-order valence-corrected chi connectivity index (χ0v) is 13.3. The molecule has 108 valence electrons. The summed E-state index contributed by atoms with van der Waals surface area (Å²) in [6.07, 6.45) is 4.32. The average molecular weight is 387 g/mol. The molecule has 1 saturated carbocycles. The van der Waals surface area contributed by atoms with E-state index >= 15 is 0 Å². The maximum absolute atomic E-state index is 12.3. The van der Waals surface area contributed by atoms with Crippen LogP contribution in [0.3, 0.4) is 0 Å². The fourth-order valence-electron chi connectivity index (χ4n) is 2.67. The Morgan fingerprint density at radius 2 is 1.85 bits per heavy atom. The Balaban J connectivity index is 2.12. The predicted molar refractivity (Wildman–Crippen MR) is 84.6 cm³/mol. The van der Waals surface area contributed by atoms with Crippen LogP contribution in [0.2, 0.25) is 0 Å². The lowest BCUT2D eigenvalue weighted by molar-refractivity contribution is -0.142. The molecule has 2 rings (SSSR count). The molecule has 0 radical (unpaired) electrons. The Morgan fingerprint density at radius 3 is 2.55 bits per heavy atom. The lowest BCUT2D eigenvalue weighted by Gasteiger charge is -2.23. The Morgan fingerprint density at radius 1 is 1.15 bits per heavy atom. The molecule has 0 bridgehead atoms. The molecule has 1 aromatic carbocycles. The minimum Gasteiger partial charge on any atom is -0.481 e. The molecule has 4 nitrogen and oxygen atoms in total. The van der Waals surface area contributed by atoms with Crippen LogP contribution in [0.15, 0.2) is 24.3 Å². The fourth-order valence-corrected chi connectivity index (χ4v) is 3.30. The van der Waals surface area contributed by atoms with Gasteiger partial charge in [0.2, 0.25) is 0 Å². The zero-order chi connectivity index (χ0) is 14.5. The molecule has 0 saturated heterocycles. The molecular weight excluding hydrogens is 369 g/mol. The molecular formula is C15H18INO3. The first kappa shape index (κ1) is 15.3. The van der Waals surface area contributed by atoms with Crippen molar-refractivity contribution in [2.45, 2.75) is 38.1 Å². The van der Waals surface area contributed by atoms with E-state index in [0.717, 1.165) is 29.3 Å². The van der Waals surface area contributed by atoms with E-state index in [2.05, 4.69) is 27.9 Å². The third kappa shape index (κ3) is 3.71. The maximum atomic E-state index is 12.3. The molecule has 0 aromatic heterocycles. The van der Waals surface area contributed by atoms with Crippen molar-refractivity contribution in [1.82, 2.24) is 5.32 Å². The lowest BCUT2D eigenvalue weighted by Crippen LogP contribution is -2.43. The number of carboxylic acid groups (broad SMARTS) is 1. The second kappa shape index (κ2) is 7.06. The predicted octanol–water partition coefficient (Wildman–Crippen LogP) is 3.05. The SMILES string of the molecule is O=C(N[C@H]1CCCCC[C@H]1C(=O)O)c1ccccc1I. The van der Waals surface area contributed by atoms with E-state index < -0.39 is 11.9 Å². The quantitative estimate of drug-likeness (QED) is 0.619. The molecule has 5 heteroatoms. The van der Waals surface area contributed by atoms with Crippen LogP contribution in [0, 0.1) is 9.49 Å². The number of amides is 1. The summed E-state index contributed by atoms with van der Waals surface area (Å²) in [6, 6.07) is 7.07. The van der Waals surface area contributed by atoms with Crippen molar-refractivity contribution in [1.29, 1.82) is 0 Å². The summed E-state index contributed by atoms with van der Waals surface area (Å²) < 4.78 is 0.878. The summed E-state index contributed by atoms with van der Waals surface area (Å²) in [4.78, 5) is 23.7. The summed E-state index contributed by atoms with van der Waals surface area (Å²) >= 11 is 2.12. The van der Waals surface area contributed by atoms with E-state index in [1.165, 1.54) is 0 Å². The Kier molecular flexibility index (Phi) is 5.39. The Hall–Kier alpha value is -1.11. The number of hydrogen-bond donors (Lipinski definition) is 2. The van der Waals surface area contributed by atoms with Crippen LogP contribution in [-0.4, -0.2) is 23.0 Å². The van der Waals surface area contributed by atoms with Crippen molar-refractivity contribution in [3.8, 4) is 0 Å². The average Bonchev–Trinajstić information content (AvgIpc) is 2.64. The van der Waals surface area contributed by atoms with Gasteiger partial charge in [-0.25, -0.2) is 0 Å². The van der Waals surface area contributed by atoms with Crippen LogP contribution in [0.5, 0.6) is 0 Å².